The molecule has 2 aliphatic heterocycles. The van der Waals surface area contributed by atoms with Crippen molar-refractivity contribution >= 4 is 59.1 Å². The first kappa shape index (κ1) is 60.0. The molecule has 2 saturated heterocycles. The molecule has 3 rings (SSSR count). The zero-order valence-corrected chi connectivity index (χ0v) is 41.3. The van der Waals surface area contributed by atoms with E-state index in [0.717, 1.165) is 4.90 Å². The van der Waals surface area contributed by atoms with Gasteiger partial charge in [0.25, 0.3) is 0 Å². The van der Waals surface area contributed by atoms with Gasteiger partial charge in [0.05, 0.1) is 18.8 Å². The van der Waals surface area contributed by atoms with E-state index < -0.39 is 145 Å². The highest BCUT2D eigenvalue weighted by Crippen LogP contribution is 2.17. The Morgan fingerprint density at radius 2 is 1.18 bits per heavy atom. The highest BCUT2D eigenvalue weighted by molar-refractivity contribution is 5.99. The molecule has 26 nitrogen and oxygen atoms in total. The van der Waals surface area contributed by atoms with Gasteiger partial charge in [-0.3, -0.25) is 47.9 Å². The molecule has 402 valence electrons. The van der Waals surface area contributed by atoms with E-state index >= 15 is 0 Å². The highest BCUT2D eigenvalue weighted by Gasteiger charge is 2.39. The van der Waals surface area contributed by atoms with Crippen molar-refractivity contribution in [3.63, 3.8) is 0 Å². The number of nitrogens with one attached hydrogen (secondary N) is 9. The summed E-state index contributed by atoms with van der Waals surface area (Å²) in [5, 5.41) is 54.0. The number of amides is 10. The quantitative estimate of drug-likeness (QED) is 0.0650. The lowest BCUT2D eigenvalue weighted by atomic mass is 10.00. The number of likely N-dealkylation sites (tertiary alicyclic amines) is 1. The van der Waals surface area contributed by atoms with Crippen LogP contribution in [0.15, 0.2) is 30.3 Å². The van der Waals surface area contributed by atoms with E-state index in [2.05, 4.69) is 47.9 Å². The third-order valence-electron chi connectivity index (χ3n) is 11.9. The van der Waals surface area contributed by atoms with Gasteiger partial charge in [0, 0.05) is 25.9 Å². The minimum atomic E-state index is -1.76. The van der Waals surface area contributed by atoms with E-state index in [4.69, 9.17) is 17.2 Å². The standard InChI is InChI=1S/C46H75N13O13/c1-24(2)21-32-42(68)53-28(12-16-47)38(64)52-30(14-18-49)41(67)58-36(25(3)61)45(71)50-19-15-31(54-44(70)34(23-60)57-46(72)37(26(4)62)59-20-8-11-35(59)63)40(66)51-29(13-17-48)39(65)56-33(43(69)55-32)22-27-9-6-5-7-10-27/h5-7,9-10,24-26,28-34,36-37,60-62H,8,11-23,47-49H2,1-4H3,(H,50,71)(H,51,66)(H,52,64)(H,53,68)(H,54,70)(H,55,69)(H,56,65)(H,57,72)(H,58,67)/t25-,26-,28+,29+,30+,31+,32+,33-,34-,36+,37+/m1/s1. The minimum Gasteiger partial charge on any atom is -0.394 e. The number of hydrogen-bond donors (Lipinski definition) is 15. The molecule has 1 aromatic rings. The summed E-state index contributed by atoms with van der Waals surface area (Å²) in [6, 6.07) is -4.87. The van der Waals surface area contributed by atoms with Crippen LogP contribution in [0.2, 0.25) is 0 Å². The molecular formula is C46H75N13O13. The first-order chi connectivity index (χ1) is 34.1. The predicted octanol–water partition coefficient (Wildman–Crippen LogP) is -6.54. The maximum atomic E-state index is 14.3. The Hall–Kier alpha value is -6.32. The zero-order chi connectivity index (χ0) is 53.7. The second-order valence-electron chi connectivity index (χ2n) is 18.3. The summed E-state index contributed by atoms with van der Waals surface area (Å²) in [5.74, 6) is -9.08. The Bertz CT molecular complexity index is 2030. The van der Waals surface area contributed by atoms with Gasteiger partial charge in [0.2, 0.25) is 59.1 Å². The SMILES string of the molecule is CC(C)C[C@@H]1NC(=O)[C@@H](Cc2ccccc2)NC(=O)[C@H](CCN)NC(=O)[C@@H](NC(=O)[C@@H](CO)NC(=O)[C@H]([C@@H](C)O)N2CCCC2=O)CCNC(=O)[C@H]([C@@H](C)O)NC(=O)[C@H](CCN)NC(=O)[C@H](CCN)NC1=O. The lowest BCUT2D eigenvalue weighted by Crippen LogP contribution is -2.61. The van der Waals surface area contributed by atoms with Gasteiger partial charge in [-0.25, -0.2) is 0 Å². The van der Waals surface area contributed by atoms with E-state index in [-0.39, 0.29) is 70.6 Å². The highest BCUT2D eigenvalue weighted by atomic mass is 16.3. The molecule has 0 bridgehead atoms. The molecule has 0 aliphatic carbocycles. The van der Waals surface area contributed by atoms with Crippen LogP contribution in [0.1, 0.15) is 78.2 Å². The van der Waals surface area contributed by atoms with E-state index in [1.54, 1.807) is 44.2 Å². The molecule has 2 aliphatic rings. The molecule has 1 aromatic carbocycles. The average Bonchev–Trinajstić information content (AvgIpc) is 3.74. The molecule has 72 heavy (non-hydrogen) atoms. The number of aliphatic hydroxyl groups is 3. The Morgan fingerprint density at radius 1 is 0.681 bits per heavy atom. The van der Waals surface area contributed by atoms with Crippen molar-refractivity contribution in [3.05, 3.63) is 35.9 Å². The number of aliphatic hydroxyl groups excluding tert-OH is 3. The number of carbonyl (C=O) groups excluding carboxylic acids is 10. The summed E-state index contributed by atoms with van der Waals surface area (Å²) < 4.78 is 0. The largest absolute Gasteiger partial charge is 0.394 e. The summed E-state index contributed by atoms with van der Waals surface area (Å²) >= 11 is 0. The van der Waals surface area contributed by atoms with Crippen LogP contribution in [0.3, 0.4) is 0 Å². The van der Waals surface area contributed by atoms with Crippen molar-refractivity contribution in [2.45, 2.75) is 146 Å². The van der Waals surface area contributed by atoms with Crippen LogP contribution in [-0.4, -0.2) is 185 Å². The molecule has 0 unspecified atom stereocenters. The topological polar surface area (TPSA) is 421 Å². The number of rotatable bonds is 18. The normalized spacial score (nSPS) is 25.3. The Kier molecular flexibility index (Phi) is 24.9. The van der Waals surface area contributed by atoms with Crippen molar-refractivity contribution in [3.8, 4) is 0 Å². The van der Waals surface area contributed by atoms with Crippen molar-refractivity contribution in [2.24, 2.45) is 23.1 Å². The van der Waals surface area contributed by atoms with Crippen molar-refractivity contribution < 1.29 is 63.3 Å². The van der Waals surface area contributed by atoms with E-state index in [1.165, 1.54) is 13.8 Å². The van der Waals surface area contributed by atoms with Crippen LogP contribution in [0.4, 0.5) is 0 Å². The number of nitrogens with zero attached hydrogens (tertiary/aromatic N) is 1. The van der Waals surface area contributed by atoms with Crippen molar-refractivity contribution in [1.82, 2.24) is 52.8 Å². The summed E-state index contributed by atoms with van der Waals surface area (Å²) in [5.41, 5.74) is 18.1. The Balaban J connectivity index is 2.11. The van der Waals surface area contributed by atoms with E-state index in [0.29, 0.717) is 12.0 Å². The predicted molar refractivity (Wildman–Crippen MR) is 259 cm³/mol. The maximum Gasteiger partial charge on any atom is 0.246 e. The van der Waals surface area contributed by atoms with Crippen LogP contribution < -0.4 is 65.1 Å². The number of carbonyl (C=O) groups is 10. The van der Waals surface area contributed by atoms with E-state index in [9.17, 15) is 63.3 Å². The summed E-state index contributed by atoms with van der Waals surface area (Å²) in [6.07, 6.45) is -3.41. The Labute approximate surface area is 418 Å². The van der Waals surface area contributed by atoms with Crippen molar-refractivity contribution in [1.29, 1.82) is 0 Å². The van der Waals surface area contributed by atoms with Crippen LogP contribution in [0, 0.1) is 5.92 Å². The molecule has 0 saturated carbocycles. The van der Waals surface area contributed by atoms with Gasteiger partial charge in [0.15, 0.2) is 0 Å². The van der Waals surface area contributed by atoms with Gasteiger partial charge in [0.1, 0.15) is 54.4 Å². The van der Waals surface area contributed by atoms with Gasteiger partial charge in [-0.15, -0.1) is 0 Å². The average molecular weight is 1020 g/mol. The monoisotopic (exact) mass is 1020 g/mol. The first-order valence-corrected chi connectivity index (χ1v) is 24.3. The molecular weight excluding hydrogens is 943 g/mol. The fourth-order valence-electron chi connectivity index (χ4n) is 8.12. The van der Waals surface area contributed by atoms with E-state index in [1.807, 2.05) is 0 Å². The number of hydrogen-bond acceptors (Lipinski definition) is 16. The molecule has 18 N–H and O–H groups in total. The third-order valence-corrected chi connectivity index (χ3v) is 11.9. The third kappa shape index (κ3) is 18.4. The molecule has 2 fully saturated rings. The fraction of sp³-hybridized carbons (Fsp3) is 0.652. The lowest BCUT2D eigenvalue weighted by Gasteiger charge is -2.30. The number of benzene rings is 1. The lowest BCUT2D eigenvalue weighted by molar-refractivity contribution is -0.143. The van der Waals surface area contributed by atoms with Gasteiger partial charge >= 0.3 is 0 Å². The molecule has 26 heteroatoms. The molecule has 2 heterocycles. The van der Waals surface area contributed by atoms with Crippen LogP contribution in [0.5, 0.6) is 0 Å². The zero-order valence-electron chi connectivity index (χ0n) is 41.3. The van der Waals surface area contributed by atoms with Crippen LogP contribution in [-0.2, 0) is 54.4 Å². The minimum absolute atomic E-state index is 0.0561. The first-order valence-electron chi connectivity index (χ1n) is 24.3. The molecule has 0 radical (unpaired) electrons. The summed E-state index contributed by atoms with van der Waals surface area (Å²) in [6.45, 7) is 4.29. The second kappa shape index (κ2) is 29.9. The Morgan fingerprint density at radius 3 is 1.67 bits per heavy atom. The van der Waals surface area contributed by atoms with Crippen LogP contribution in [0.25, 0.3) is 0 Å². The van der Waals surface area contributed by atoms with Gasteiger partial charge in [-0.1, -0.05) is 44.2 Å². The maximum absolute atomic E-state index is 14.3. The second-order valence-corrected chi connectivity index (χ2v) is 18.3. The summed E-state index contributed by atoms with van der Waals surface area (Å²) in [4.78, 5) is 139. The summed E-state index contributed by atoms with van der Waals surface area (Å²) in [7, 11) is 0. The molecule has 0 aromatic heterocycles. The fourth-order valence-corrected chi connectivity index (χ4v) is 8.12. The smallest absolute Gasteiger partial charge is 0.246 e. The van der Waals surface area contributed by atoms with Gasteiger partial charge in [-0.2, -0.15) is 0 Å². The molecule has 11 atom stereocenters. The molecule has 0 spiro atoms. The molecule has 10 amide bonds. The number of nitrogens with two attached hydrogens (primary N) is 3. The van der Waals surface area contributed by atoms with Gasteiger partial charge in [-0.05, 0) is 83.5 Å². The van der Waals surface area contributed by atoms with Crippen LogP contribution >= 0.6 is 0 Å². The van der Waals surface area contributed by atoms with Crippen molar-refractivity contribution in [2.75, 3.05) is 39.3 Å². The van der Waals surface area contributed by atoms with Gasteiger partial charge < -0.3 is 85.3 Å².